The quantitative estimate of drug-likeness (QED) is 0.757. The third-order valence-corrected chi connectivity index (χ3v) is 3.97. The Labute approximate surface area is 107 Å². The van der Waals surface area contributed by atoms with E-state index < -0.39 is 0 Å². The van der Waals surface area contributed by atoms with Crippen LogP contribution in [0, 0.1) is 0 Å². The molecular weight excluding hydrogens is 234 g/mol. The summed E-state index contributed by atoms with van der Waals surface area (Å²) in [6, 6.07) is 0.326. The summed E-state index contributed by atoms with van der Waals surface area (Å²) in [4.78, 5) is 4.29. The van der Waals surface area contributed by atoms with E-state index in [1.165, 1.54) is 0 Å². The fourth-order valence-corrected chi connectivity index (χ4v) is 2.67. The highest BCUT2D eigenvalue weighted by atomic mass is 32.1. The Morgan fingerprint density at radius 2 is 2.41 bits per heavy atom. The van der Waals surface area contributed by atoms with Crippen LogP contribution in [0.1, 0.15) is 30.8 Å². The third-order valence-electron chi connectivity index (χ3n) is 3.01. The average molecular weight is 255 g/mol. The van der Waals surface area contributed by atoms with Crippen molar-refractivity contribution >= 4 is 11.3 Å². The number of piperidine rings is 1. The van der Waals surface area contributed by atoms with Gasteiger partial charge in [-0.05, 0) is 32.9 Å². The molecule has 1 fully saturated rings. The summed E-state index contributed by atoms with van der Waals surface area (Å²) in [6.45, 7) is 6.01. The summed E-state index contributed by atoms with van der Waals surface area (Å²) in [6.07, 6.45) is 4.58. The molecule has 4 nitrogen and oxygen atoms in total. The Hall–Kier alpha value is -0.490. The molecule has 0 bridgehead atoms. The van der Waals surface area contributed by atoms with Gasteiger partial charge in [0.1, 0.15) is 5.01 Å². The summed E-state index contributed by atoms with van der Waals surface area (Å²) >= 11 is 1.69. The van der Waals surface area contributed by atoms with Crippen molar-refractivity contribution in [3.8, 4) is 0 Å². The van der Waals surface area contributed by atoms with Crippen LogP contribution >= 0.6 is 11.3 Å². The highest BCUT2D eigenvalue weighted by Gasteiger charge is 2.13. The van der Waals surface area contributed by atoms with Gasteiger partial charge >= 0.3 is 0 Å². The second-order valence-electron chi connectivity index (χ2n) is 4.37. The van der Waals surface area contributed by atoms with Crippen LogP contribution < -0.4 is 10.6 Å². The summed E-state index contributed by atoms with van der Waals surface area (Å²) in [5.41, 5.74) is 0. The van der Waals surface area contributed by atoms with Crippen molar-refractivity contribution in [3.63, 3.8) is 0 Å². The maximum atomic E-state index is 5.83. The molecule has 0 aromatic carbocycles. The first kappa shape index (κ1) is 13.0. The Bertz CT molecular complexity index is 299. The second kappa shape index (κ2) is 7.06. The molecule has 1 aromatic rings. The lowest BCUT2D eigenvalue weighted by Crippen LogP contribution is -2.34. The van der Waals surface area contributed by atoms with Crippen LogP contribution in [0.2, 0.25) is 0 Å². The van der Waals surface area contributed by atoms with E-state index in [9.17, 15) is 0 Å². The smallest absolute Gasteiger partial charge is 0.109 e. The zero-order valence-corrected chi connectivity index (χ0v) is 11.1. The van der Waals surface area contributed by atoms with E-state index in [0.717, 1.165) is 44.1 Å². The van der Waals surface area contributed by atoms with Crippen LogP contribution in [0.4, 0.5) is 0 Å². The Kier molecular flexibility index (Phi) is 5.38. The van der Waals surface area contributed by atoms with E-state index in [0.29, 0.717) is 12.1 Å². The molecule has 0 aliphatic carbocycles. The molecule has 0 saturated carbocycles. The SMILES string of the molecule is CC(NCCOC1CCNCC1)c1nccs1. The fourth-order valence-electron chi connectivity index (χ4n) is 2.00. The molecule has 1 unspecified atom stereocenters. The maximum absolute atomic E-state index is 5.83. The molecule has 2 rings (SSSR count). The van der Waals surface area contributed by atoms with Crippen LogP contribution in [0.3, 0.4) is 0 Å². The van der Waals surface area contributed by atoms with Crippen LogP contribution in [0.5, 0.6) is 0 Å². The lowest BCUT2D eigenvalue weighted by molar-refractivity contribution is 0.0340. The molecule has 0 amide bonds. The standard InChI is InChI=1S/C12H21N3OS/c1-10(12-15-7-9-17-12)14-6-8-16-11-2-4-13-5-3-11/h7,9-11,13-14H,2-6,8H2,1H3. The average Bonchev–Trinajstić information content (AvgIpc) is 2.89. The summed E-state index contributed by atoms with van der Waals surface area (Å²) < 4.78 is 5.83. The van der Waals surface area contributed by atoms with Crippen molar-refractivity contribution in [2.24, 2.45) is 0 Å². The maximum Gasteiger partial charge on any atom is 0.109 e. The molecular formula is C12H21N3OS. The number of nitrogens with one attached hydrogen (secondary N) is 2. The zero-order chi connectivity index (χ0) is 11.9. The molecule has 2 N–H and O–H groups in total. The van der Waals surface area contributed by atoms with Crippen LogP contribution in [-0.2, 0) is 4.74 Å². The Balaban J connectivity index is 1.56. The van der Waals surface area contributed by atoms with E-state index in [-0.39, 0.29) is 0 Å². The minimum absolute atomic E-state index is 0.326. The lowest BCUT2D eigenvalue weighted by Gasteiger charge is -2.23. The first-order chi connectivity index (χ1) is 8.36. The molecule has 1 aliphatic rings. The predicted octanol–water partition coefficient (Wildman–Crippen LogP) is 1.56. The molecule has 2 heterocycles. The van der Waals surface area contributed by atoms with Crippen molar-refractivity contribution in [1.82, 2.24) is 15.6 Å². The predicted molar refractivity (Wildman–Crippen MR) is 70.4 cm³/mol. The van der Waals surface area contributed by atoms with Gasteiger partial charge in [0.25, 0.3) is 0 Å². The van der Waals surface area contributed by atoms with Gasteiger partial charge in [-0.15, -0.1) is 11.3 Å². The molecule has 1 aromatic heterocycles. The van der Waals surface area contributed by atoms with Gasteiger partial charge in [-0.2, -0.15) is 0 Å². The van der Waals surface area contributed by atoms with Gasteiger partial charge in [-0.1, -0.05) is 0 Å². The molecule has 96 valence electrons. The fraction of sp³-hybridized carbons (Fsp3) is 0.750. The minimum atomic E-state index is 0.326. The van der Waals surface area contributed by atoms with E-state index in [1.54, 1.807) is 11.3 Å². The molecule has 0 radical (unpaired) electrons. The van der Waals surface area contributed by atoms with Crippen LogP contribution in [0.25, 0.3) is 0 Å². The number of rotatable bonds is 6. The molecule has 17 heavy (non-hydrogen) atoms. The lowest BCUT2D eigenvalue weighted by atomic mass is 10.1. The van der Waals surface area contributed by atoms with Gasteiger partial charge in [0.15, 0.2) is 0 Å². The topological polar surface area (TPSA) is 46.2 Å². The summed E-state index contributed by atoms with van der Waals surface area (Å²) in [5, 5.41) is 9.93. The normalized spacial score (nSPS) is 19.4. The van der Waals surface area contributed by atoms with Gasteiger partial charge in [0.05, 0.1) is 18.8 Å². The first-order valence-electron chi connectivity index (χ1n) is 6.31. The Morgan fingerprint density at radius 1 is 1.59 bits per heavy atom. The van der Waals surface area contributed by atoms with Crippen molar-refractivity contribution < 1.29 is 4.74 Å². The van der Waals surface area contributed by atoms with Crippen molar-refractivity contribution in [2.75, 3.05) is 26.2 Å². The first-order valence-corrected chi connectivity index (χ1v) is 7.19. The summed E-state index contributed by atoms with van der Waals surface area (Å²) in [7, 11) is 0. The molecule has 5 heteroatoms. The van der Waals surface area contributed by atoms with Crippen molar-refractivity contribution in [1.29, 1.82) is 0 Å². The van der Waals surface area contributed by atoms with E-state index in [2.05, 4.69) is 22.5 Å². The Morgan fingerprint density at radius 3 is 3.12 bits per heavy atom. The molecule has 1 atom stereocenters. The van der Waals surface area contributed by atoms with Crippen molar-refractivity contribution in [3.05, 3.63) is 16.6 Å². The molecule has 1 saturated heterocycles. The van der Waals surface area contributed by atoms with E-state index in [4.69, 9.17) is 4.74 Å². The van der Waals surface area contributed by atoms with Crippen LogP contribution in [-0.4, -0.2) is 37.3 Å². The largest absolute Gasteiger partial charge is 0.377 e. The molecule has 1 aliphatic heterocycles. The van der Waals surface area contributed by atoms with Crippen molar-refractivity contribution in [2.45, 2.75) is 31.9 Å². The number of thiazole rings is 1. The van der Waals surface area contributed by atoms with Gasteiger partial charge in [-0.3, -0.25) is 0 Å². The number of ether oxygens (including phenoxy) is 1. The minimum Gasteiger partial charge on any atom is -0.377 e. The number of nitrogens with zero attached hydrogens (tertiary/aromatic N) is 1. The molecule has 0 spiro atoms. The van der Waals surface area contributed by atoms with Gasteiger partial charge in [-0.25, -0.2) is 4.98 Å². The van der Waals surface area contributed by atoms with Gasteiger partial charge < -0.3 is 15.4 Å². The zero-order valence-electron chi connectivity index (χ0n) is 10.3. The highest BCUT2D eigenvalue weighted by molar-refractivity contribution is 7.09. The van der Waals surface area contributed by atoms with E-state index in [1.807, 2.05) is 11.6 Å². The van der Waals surface area contributed by atoms with Gasteiger partial charge in [0, 0.05) is 18.1 Å². The number of hydrogen-bond donors (Lipinski definition) is 2. The van der Waals surface area contributed by atoms with E-state index >= 15 is 0 Å². The van der Waals surface area contributed by atoms with Gasteiger partial charge in [0.2, 0.25) is 0 Å². The monoisotopic (exact) mass is 255 g/mol. The van der Waals surface area contributed by atoms with Crippen LogP contribution in [0.15, 0.2) is 11.6 Å². The number of aromatic nitrogens is 1. The third kappa shape index (κ3) is 4.35. The highest BCUT2D eigenvalue weighted by Crippen LogP contribution is 2.14. The number of hydrogen-bond acceptors (Lipinski definition) is 5. The second-order valence-corrected chi connectivity index (χ2v) is 5.29. The summed E-state index contributed by atoms with van der Waals surface area (Å²) in [5.74, 6) is 0.